The molecule has 1 N–H and O–H groups in total. The summed E-state index contributed by atoms with van der Waals surface area (Å²) in [5.41, 5.74) is 0.771. The van der Waals surface area contributed by atoms with E-state index in [0.717, 1.165) is 5.70 Å². The van der Waals surface area contributed by atoms with Crippen LogP contribution in [0.5, 0.6) is 0 Å². The average Bonchev–Trinajstić information content (AvgIpc) is 2.18. The van der Waals surface area contributed by atoms with Crippen molar-refractivity contribution in [1.82, 2.24) is 10.2 Å². The highest BCUT2D eigenvalue weighted by Gasteiger charge is 2.24. The maximum atomic E-state index is 11.5. The minimum atomic E-state index is -0.0729. The number of amides is 1. The first-order valence-corrected chi connectivity index (χ1v) is 4.55. The minimum Gasteiger partial charge on any atom is -0.364 e. The first kappa shape index (κ1) is 8.38. The fourth-order valence-corrected chi connectivity index (χ4v) is 1.51. The molecular weight excluding hydrogens is 188 g/mol. The number of nitrogens with one attached hydrogen (secondary N) is 1. The van der Waals surface area contributed by atoms with Crippen LogP contribution in [-0.4, -0.2) is 22.9 Å². The van der Waals surface area contributed by atoms with Crippen molar-refractivity contribution < 1.29 is 4.79 Å². The largest absolute Gasteiger partial charge is 0.364 e. The Labute approximate surface area is 81.4 Å². The van der Waals surface area contributed by atoms with Crippen molar-refractivity contribution in [2.75, 3.05) is 5.88 Å². The summed E-state index contributed by atoms with van der Waals surface area (Å²) < 4.78 is 0. The molecule has 13 heavy (non-hydrogen) atoms. The van der Waals surface area contributed by atoms with Crippen LogP contribution >= 0.6 is 11.6 Å². The zero-order valence-corrected chi connectivity index (χ0v) is 7.66. The molecule has 68 valence electrons. The Morgan fingerprint density at radius 3 is 3.15 bits per heavy atom. The number of hydrogen-bond acceptors (Lipinski definition) is 2. The Morgan fingerprint density at radius 2 is 2.38 bits per heavy atom. The molecule has 0 aromatic rings. The van der Waals surface area contributed by atoms with Gasteiger partial charge in [0.1, 0.15) is 6.17 Å². The molecule has 1 amide bonds. The number of allylic oxidation sites excluding steroid dienone is 3. The number of halogens is 1. The zero-order chi connectivity index (χ0) is 9.26. The van der Waals surface area contributed by atoms with Crippen molar-refractivity contribution in [3.05, 3.63) is 36.2 Å². The molecule has 0 aliphatic carbocycles. The number of hydrogen-bond donors (Lipinski definition) is 1. The Hall–Kier alpha value is -1.22. The van der Waals surface area contributed by atoms with Gasteiger partial charge >= 0.3 is 0 Å². The van der Waals surface area contributed by atoms with Crippen LogP contribution in [-0.2, 0) is 4.79 Å². The van der Waals surface area contributed by atoms with Crippen molar-refractivity contribution in [3.8, 4) is 0 Å². The van der Waals surface area contributed by atoms with Gasteiger partial charge in [0, 0.05) is 18.0 Å². The maximum Gasteiger partial charge on any atom is 0.254 e. The third-order valence-corrected chi connectivity index (χ3v) is 2.27. The van der Waals surface area contributed by atoms with E-state index in [-0.39, 0.29) is 12.1 Å². The molecule has 0 saturated carbocycles. The average molecular weight is 197 g/mol. The third-order valence-electron chi connectivity index (χ3n) is 1.98. The van der Waals surface area contributed by atoms with Gasteiger partial charge in [-0.05, 0) is 12.2 Å². The molecule has 0 saturated heterocycles. The van der Waals surface area contributed by atoms with E-state index in [1.165, 1.54) is 6.08 Å². The second kappa shape index (κ2) is 3.26. The second-order valence-corrected chi connectivity index (χ2v) is 3.13. The lowest BCUT2D eigenvalue weighted by molar-refractivity contribution is -0.125. The molecule has 2 rings (SSSR count). The second-order valence-electron chi connectivity index (χ2n) is 2.86. The van der Waals surface area contributed by atoms with Crippen LogP contribution in [0.4, 0.5) is 0 Å². The number of rotatable bonds is 1. The molecule has 4 heteroatoms. The minimum absolute atomic E-state index is 0.0278. The Balaban J connectivity index is 2.27. The highest BCUT2D eigenvalue weighted by atomic mass is 35.5. The van der Waals surface area contributed by atoms with E-state index < -0.39 is 0 Å². The molecular formula is C9H9ClN2O. The van der Waals surface area contributed by atoms with Gasteiger partial charge in [-0.25, -0.2) is 0 Å². The SMILES string of the molecule is O=C1C=C(CCl)NC2C=CC=CN12. The van der Waals surface area contributed by atoms with E-state index in [1.54, 1.807) is 11.1 Å². The highest BCUT2D eigenvalue weighted by molar-refractivity contribution is 6.19. The lowest BCUT2D eigenvalue weighted by Gasteiger charge is -2.33. The summed E-state index contributed by atoms with van der Waals surface area (Å²) in [5.74, 6) is 0.313. The van der Waals surface area contributed by atoms with Crippen LogP contribution in [0.2, 0.25) is 0 Å². The predicted molar refractivity (Wildman–Crippen MR) is 50.9 cm³/mol. The molecule has 2 heterocycles. The van der Waals surface area contributed by atoms with Crippen molar-refractivity contribution in [2.45, 2.75) is 6.17 Å². The maximum absolute atomic E-state index is 11.5. The van der Waals surface area contributed by atoms with Crippen molar-refractivity contribution in [3.63, 3.8) is 0 Å². The molecule has 0 bridgehead atoms. The summed E-state index contributed by atoms with van der Waals surface area (Å²) in [6, 6.07) is 0. The van der Waals surface area contributed by atoms with Gasteiger partial charge in [0.15, 0.2) is 0 Å². The molecule has 0 spiro atoms. The van der Waals surface area contributed by atoms with Gasteiger partial charge in [-0.1, -0.05) is 6.08 Å². The van der Waals surface area contributed by atoms with Crippen LogP contribution in [0.15, 0.2) is 36.2 Å². The van der Waals surface area contributed by atoms with E-state index in [4.69, 9.17) is 11.6 Å². The van der Waals surface area contributed by atoms with Crippen molar-refractivity contribution in [1.29, 1.82) is 0 Å². The van der Waals surface area contributed by atoms with Gasteiger partial charge in [-0.2, -0.15) is 0 Å². The van der Waals surface area contributed by atoms with Crippen molar-refractivity contribution >= 4 is 17.5 Å². The standard InChI is InChI=1S/C9H9ClN2O/c10-6-7-5-9(13)12-4-2-1-3-8(12)11-7/h1-5,8,11H,6H2. The quantitative estimate of drug-likeness (QED) is 0.634. The topological polar surface area (TPSA) is 32.3 Å². The lowest BCUT2D eigenvalue weighted by atomic mass is 10.2. The van der Waals surface area contributed by atoms with Gasteiger partial charge in [0.25, 0.3) is 5.91 Å². The van der Waals surface area contributed by atoms with Gasteiger partial charge in [0.2, 0.25) is 0 Å². The summed E-state index contributed by atoms with van der Waals surface area (Å²) in [7, 11) is 0. The van der Waals surface area contributed by atoms with E-state index in [0.29, 0.717) is 5.88 Å². The fraction of sp³-hybridized carbons (Fsp3) is 0.222. The van der Waals surface area contributed by atoms with Gasteiger partial charge in [-0.15, -0.1) is 11.6 Å². The fourth-order valence-electron chi connectivity index (χ4n) is 1.36. The van der Waals surface area contributed by atoms with Gasteiger partial charge < -0.3 is 5.32 Å². The number of alkyl halides is 1. The Kier molecular flexibility index (Phi) is 2.10. The van der Waals surface area contributed by atoms with E-state index in [1.807, 2.05) is 18.2 Å². The van der Waals surface area contributed by atoms with Crippen LogP contribution in [0, 0.1) is 0 Å². The summed E-state index contributed by atoms with van der Waals surface area (Å²) in [6.07, 6.45) is 8.84. The molecule has 1 atom stereocenters. The zero-order valence-electron chi connectivity index (χ0n) is 6.90. The van der Waals surface area contributed by atoms with Crippen LogP contribution in [0.1, 0.15) is 0 Å². The molecule has 0 aromatic heterocycles. The van der Waals surface area contributed by atoms with Crippen LogP contribution in [0.3, 0.4) is 0 Å². The summed E-state index contributed by atoms with van der Waals surface area (Å²) in [5, 5.41) is 3.13. The van der Waals surface area contributed by atoms with E-state index in [9.17, 15) is 4.79 Å². The van der Waals surface area contributed by atoms with Crippen LogP contribution in [0.25, 0.3) is 0 Å². The normalized spacial score (nSPS) is 25.3. The number of carbonyl (C=O) groups is 1. The highest BCUT2D eigenvalue weighted by Crippen LogP contribution is 2.14. The van der Waals surface area contributed by atoms with Crippen molar-refractivity contribution in [2.24, 2.45) is 0 Å². The molecule has 0 fully saturated rings. The molecule has 1 unspecified atom stereocenters. The lowest BCUT2D eigenvalue weighted by Crippen LogP contribution is -2.48. The molecule has 3 nitrogen and oxygen atoms in total. The first-order valence-electron chi connectivity index (χ1n) is 4.01. The molecule has 0 radical (unpaired) electrons. The number of carbonyl (C=O) groups excluding carboxylic acids is 1. The summed E-state index contributed by atoms with van der Waals surface area (Å²) in [6.45, 7) is 0. The Bertz CT molecular complexity index is 320. The monoisotopic (exact) mass is 196 g/mol. The predicted octanol–water partition coefficient (Wildman–Crippen LogP) is 0.950. The first-order chi connectivity index (χ1) is 6.31. The molecule has 2 aliphatic rings. The smallest absolute Gasteiger partial charge is 0.254 e. The summed E-state index contributed by atoms with van der Waals surface area (Å²) >= 11 is 5.63. The number of nitrogens with zero attached hydrogens (tertiary/aromatic N) is 1. The van der Waals surface area contributed by atoms with E-state index in [2.05, 4.69) is 5.32 Å². The van der Waals surface area contributed by atoms with E-state index >= 15 is 0 Å². The molecule has 0 aromatic carbocycles. The number of fused-ring (bicyclic) bond motifs is 1. The third kappa shape index (κ3) is 1.47. The van der Waals surface area contributed by atoms with Gasteiger partial charge in [0.05, 0.1) is 5.88 Å². The molecule has 2 aliphatic heterocycles. The van der Waals surface area contributed by atoms with Crippen LogP contribution < -0.4 is 5.32 Å². The summed E-state index contributed by atoms with van der Waals surface area (Å²) in [4.78, 5) is 13.1. The van der Waals surface area contributed by atoms with Gasteiger partial charge in [-0.3, -0.25) is 9.69 Å². The Morgan fingerprint density at radius 1 is 1.54 bits per heavy atom.